The first-order chi connectivity index (χ1) is 22.5. The van der Waals surface area contributed by atoms with Gasteiger partial charge in [-0.3, -0.25) is 0 Å². The number of thioether (sulfide) groups is 1. The lowest BCUT2D eigenvalue weighted by atomic mass is 10.00. The van der Waals surface area contributed by atoms with Crippen molar-refractivity contribution in [3.63, 3.8) is 0 Å². The molecule has 14 heteroatoms. The SMILES string of the molecule is COc1ccc(N2CCCS/C2=N\C(O)N/C=C(\C#N)c2ccc(-c3ncn(-c4ccc(OC(F)(F)F)cc4)n3)cc2)c(C(C)C)c1. The molecule has 10 nitrogen and oxygen atoms in total. The molecule has 1 aromatic heterocycles. The summed E-state index contributed by atoms with van der Waals surface area (Å²) in [5, 5.41) is 28.5. The van der Waals surface area contributed by atoms with Crippen molar-refractivity contribution in [3.05, 3.63) is 90.4 Å². The number of methoxy groups -OCH3 is 1. The van der Waals surface area contributed by atoms with Crippen LogP contribution < -0.4 is 19.7 Å². The number of amidine groups is 1. The van der Waals surface area contributed by atoms with E-state index >= 15 is 0 Å². The van der Waals surface area contributed by atoms with Crippen LogP contribution in [-0.2, 0) is 0 Å². The number of aliphatic hydroxyl groups excluding tert-OH is 1. The third-order valence-electron chi connectivity index (χ3n) is 7.15. The number of nitrogens with one attached hydrogen (secondary N) is 1. The number of rotatable bonds is 10. The summed E-state index contributed by atoms with van der Waals surface area (Å²) in [6, 6.07) is 20.3. The second-order valence-electron chi connectivity index (χ2n) is 10.7. The van der Waals surface area contributed by atoms with Gasteiger partial charge in [-0.1, -0.05) is 49.9 Å². The first-order valence-corrected chi connectivity index (χ1v) is 15.6. The lowest BCUT2D eigenvalue weighted by molar-refractivity contribution is -0.274. The van der Waals surface area contributed by atoms with E-state index in [-0.39, 0.29) is 17.2 Å². The topological polar surface area (TPSA) is 121 Å². The van der Waals surface area contributed by atoms with Gasteiger partial charge in [0.05, 0.1) is 18.4 Å². The average molecular weight is 664 g/mol. The summed E-state index contributed by atoms with van der Waals surface area (Å²) in [6.07, 6.45) is -2.22. The van der Waals surface area contributed by atoms with E-state index in [2.05, 4.69) is 49.9 Å². The highest BCUT2D eigenvalue weighted by Gasteiger charge is 2.31. The van der Waals surface area contributed by atoms with Crippen molar-refractivity contribution in [2.75, 3.05) is 24.3 Å². The Morgan fingerprint density at radius 1 is 1.11 bits per heavy atom. The van der Waals surface area contributed by atoms with Gasteiger partial charge in [-0.25, -0.2) is 14.7 Å². The maximum atomic E-state index is 12.4. The number of benzene rings is 3. The molecule has 0 spiro atoms. The van der Waals surface area contributed by atoms with Gasteiger partial charge >= 0.3 is 6.36 Å². The third-order valence-corrected chi connectivity index (χ3v) is 8.22. The van der Waals surface area contributed by atoms with Gasteiger partial charge in [-0.05, 0) is 65.9 Å². The molecular weight excluding hydrogens is 631 g/mol. The van der Waals surface area contributed by atoms with Gasteiger partial charge in [0.1, 0.15) is 23.9 Å². The van der Waals surface area contributed by atoms with Crippen LogP contribution in [0.5, 0.6) is 11.5 Å². The predicted octanol–water partition coefficient (Wildman–Crippen LogP) is 6.69. The summed E-state index contributed by atoms with van der Waals surface area (Å²) in [5.41, 5.74) is 4.16. The van der Waals surface area contributed by atoms with Crippen molar-refractivity contribution in [1.29, 1.82) is 5.26 Å². The summed E-state index contributed by atoms with van der Waals surface area (Å²) in [6.45, 7) is 5.00. The van der Waals surface area contributed by atoms with Crippen LogP contribution in [-0.4, -0.2) is 57.2 Å². The van der Waals surface area contributed by atoms with Crippen molar-refractivity contribution in [1.82, 2.24) is 20.1 Å². The molecule has 47 heavy (non-hydrogen) atoms. The number of alkyl halides is 3. The minimum absolute atomic E-state index is 0.248. The van der Waals surface area contributed by atoms with E-state index in [9.17, 15) is 23.5 Å². The molecule has 1 atom stereocenters. The number of aliphatic hydroxyl groups is 1. The van der Waals surface area contributed by atoms with Crippen LogP contribution in [0.3, 0.4) is 0 Å². The summed E-state index contributed by atoms with van der Waals surface area (Å²) in [7, 11) is 1.64. The van der Waals surface area contributed by atoms with Crippen molar-refractivity contribution < 1.29 is 27.8 Å². The monoisotopic (exact) mass is 663 g/mol. The molecular formula is C33H32F3N7O3S. The standard InChI is InChI=1S/C33H32F3N7O3S/c1-21(2)28-17-27(45-3)13-14-29(28)42-15-4-16-47-32(42)40-31(44)38-19-24(18-37)22-5-7-23(8-6-22)30-39-20-43(41-30)25-9-11-26(12-10-25)46-33(34,35)36/h5-14,17,19-21,31,38,44H,4,15-16H2,1-3H3/b24-19+,40-32-. The number of halogens is 3. The highest BCUT2D eigenvalue weighted by Crippen LogP contribution is 2.35. The first-order valence-electron chi connectivity index (χ1n) is 14.6. The van der Waals surface area contributed by atoms with E-state index in [1.165, 1.54) is 41.5 Å². The number of hydrogen-bond acceptors (Lipinski definition) is 9. The first kappa shape index (κ1) is 33.4. The molecule has 0 aliphatic carbocycles. The van der Waals surface area contributed by atoms with Crippen LogP contribution in [0.25, 0.3) is 22.6 Å². The maximum absolute atomic E-state index is 12.4. The molecule has 1 aliphatic rings. The van der Waals surface area contributed by atoms with Crippen molar-refractivity contribution in [2.24, 2.45) is 4.99 Å². The Kier molecular flexibility index (Phi) is 10.4. The number of ether oxygens (including phenoxy) is 2. The molecule has 1 saturated heterocycles. The Morgan fingerprint density at radius 3 is 2.49 bits per heavy atom. The molecule has 0 radical (unpaired) electrons. The van der Waals surface area contributed by atoms with Crippen LogP contribution in [0.2, 0.25) is 0 Å². The summed E-state index contributed by atoms with van der Waals surface area (Å²) >= 11 is 1.56. The molecule has 2 N–H and O–H groups in total. The quantitative estimate of drug-likeness (QED) is 0.141. The second kappa shape index (κ2) is 14.6. The third kappa shape index (κ3) is 8.43. The van der Waals surface area contributed by atoms with Gasteiger partial charge in [-0.2, -0.15) is 5.26 Å². The fourth-order valence-corrected chi connectivity index (χ4v) is 5.83. The van der Waals surface area contributed by atoms with Crippen LogP contribution >= 0.6 is 11.8 Å². The van der Waals surface area contributed by atoms with Gasteiger partial charge in [0.25, 0.3) is 0 Å². The van der Waals surface area contributed by atoms with Gasteiger partial charge in [0.2, 0.25) is 6.35 Å². The van der Waals surface area contributed by atoms with E-state index in [0.717, 1.165) is 35.7 Å². The number of nitrogens with zero attached hydrogens (tertiary/aromatic N) is 6. The number of allylic oxidation sites excluding steroid dienone is 1. The van der Waals surface area contributed by atoms with E-state index in [1.807, 2.05) is 18.2 Å². The average Bonchev–Trinajstić information content (AvgIpc) is 3.55. The molecule has 3 aromatic carbocycles. The van der Waals surface area contributed by atoms with Gasteiger partial charge in [0.15, 0.2) is 11.0 Å². The Bertz CT molecular complexity index is 1780. The van der Waals surface area contributed by atoms with Crippen LogP contribution in [0, 0.1) is 11.3 Å². The smallest absolute Gasteiger partial charge is 0.497 e. The molecule has 0 amide bonds. The van der Waals surface area contributed by atoms with E-state index in [4.69, 9.17) is 4.74 Å². The fraction of sp³-hybridized carbons (Fsp3) is 0.273. The minimum Gasteiger partial charge on any atom is -0.497 e. The number of aliphatic imine (C=N–C) groups is 1. The largest absolute Gasteiger partial charge is 0.573 e. The zero-order valence-corrected chi connectivity index (χ0v) is 26.6. The zero-order valence-electron chi connectivity index (χ0n) is 25.8. The molecule has 0 bridgehead atoms. The molecule has 2 heterocycles. The van der Waals surface area contributed by atoms with Crippen molar-refractivity contribution in [2.45, 2.75) is 38.9 Å². The van der Waals surface area contributed by atoms with E-state index in [0.29, 0.717) is 27.8 Å². The van der Waals surface area contributed by atoms with Crippen LogP contribution in [0.1, 0.15) is 37.3 Å². The number of aromatic nitrogens is 3. The Morgan fingerprint density at radius 2 is 1.83 bits per heavy atom. The molecule has 1 fully saturated rings. The van der Waals surface area contributed by atoms with E-state index < -0.39 is 12.7 Å². The lowest BCUT2D eigenvalue weighted by Crippen LogP contribution is -2.37. The highest BCUT2D eigenvalue weighted by molar-refractivity contribution is 8.14. The highest BCUT2D eigenvalue weighted by atomic mass is 32.2. The maximum Gasteiger partial charge on any atom is 0.573 e. The molecule has 4 aromatic rings. The summed E-state index contributed by atoms with van der Waals surface area (Å²) in [5.74, 6) is 1.94. The van der Waals surface area contributed by atoms with Crippen molar-refractivity contribution in [3.8, 4) is 34.6 Å². The summed E-state index contributed by atoms with van der Waals surface area (Å²) in [4.78, 5) is 10.9. The second-order valence-corrected chi connectivity index (χ2v) is 11.7. The fourth-order valence-electron chi connectivity index (χ4n) is 4.86. The van der Waals surface area contributed by atoms with Gasteiger partial charge < -0.3 is 24.8 Å². The summed E-state index contributed by atoms with van der Waals surface area (Å²) < 4.78 is 48.1. The molecule has 0 saturated carbocycles. The van der Waals surface area contributed by atoms with Crippen molar-refractivity contribution >= 4 is 28.2 Å². The molecule has 5 rings (SSSR count). The van der Waals surface area contributed by atoms with E-state index in [1.54, 1.807) is 43.1 Å². The van der Waals surface area contributed by atoms with Gasteiger partial charge in [-0.15, -0.1) is 18.3 Å². The number of nitriles is 1. The minimum atomic E-state index is -4.77. The number of hydrogen-bond donors (Lipinski definition) is 2. The normalized spacial score (nSPS) is 15.4. The Balaban J connectivity index is 1.27. The molecule has 244 valence electrons. The molecule has 1 aliphatic heterocycles. The number of anilines is 1. The zero-order chi connectivity index (χ0) is 33.6. The van der Waals surface area contributed by atoms with Gasteiger partial charge in [0, 0.05) is 29.7 Å². The predicted molar refractivity (Wildman–Crippen MR) is 175 cm³/mol. The Hall–Kier alpha value is -5.00. The Labute approximate surface area is 274 Å². The molecule has 1 unspecified atom stereocenters. The van der Waals surface area contributed by atoms with Crippen LogP contribution in [0.4, 0.5) is 18.9 Å². The van der Waals surface area contributed by atoms with Crippen LogP contribution in [0.15, 0.2) is 84.2 Å². The lowest BCUT2D eigenvalue weighted by Gasteiger charge is -2.32.